The van der Waals surface area contributed by atoms with Crippen molar-refractivity contribution in [2.45, 2.75) is 31.2 Å². The Labute approximate surface area is 189 Å². The van der Waals surface area contributed by atoms with Gasteiger partial charge in [-0.2, -0.15) is 4.68 Å². The quantitative estimate of drug-likeness (QED) is 0.455. The summed E-state index contributed by atoms with van der Waals surface area (Å²) in [6.07, 6.45) is 0. The molecule has 2 heterocycles. The van der Waals surface area contributed by atoms with Crippen molar-refractivity contribution in [2.75, 3.05) is 5.32 Å². The Kier molecular flexibility index (Phi) is 5.95. The van der Waals surface area contributed by atoms with Crippen LogP contribution in [-0.2, 0) is 11.8 Å². The van der Waals surface area contributed by atoms with Gasteiger partial charge in [0.05, 0.1) is 16.6 Å². The van der Waals surface area contributed by atoms with Crippen LogP contribution in [-0.4, -0.2) is 40.7 Å². The van der Waals surface area contributed by atoms with Crippen molar-refractivity contribution in [1.29, 1.82) is 0 Å². The Morgan fingerprint density at radius 2 is 1.84 bits per heavy atom. The Balaban J connectivity index is 1.62. The summed E-state index contributed by atoms with van der Waals surface area (Å²) in [5.74, 6) is -0.179. The third kappa shape index (κ3) is 4.09. The summed E-state index contributed by atoms with van der Waals surface area (Å²) < 4.78 is 4.73. The standard InChI is InChI=1S/C22H23N7O2S/c1-14-9-8-10-17(13-14)23-20(30)16(3)32-22-24-25-26-28(22)19-15(2)27(4)29(21(19)31)18-11-6-5-7-12-18/h5-13,16H,1-4H3,(H,23,30). The van der Waals surface area contributed by atoms with Crippen LogP contribution in [0.4, 0.5) is 5.69 Å². The van der Waals surface area contributed by atoms with Gasteiger partial charge in [-0.05, 0) is 61.0 Å². The number of nitrogens with zero attached hydrogens (tertiary/aromatic N) is 6. The number of tetrazole rings is 1. The molecule has 0 spiro atoms. The van der Waals surface area contributed by atoms with E-state index in [0.717, 1.165) is 16.9 Å². The maximum atomic E-state index is 13.3. The molecule has 0 aliphatic carbocycles. The van der Waals surface area contributed by atoms with Gasteiger partial charge < -0.3 is 5.32 Å². The van der Waals surface area contributed by atoms with Crippen molar-refractivity contribution in [3.63, 3.8) is 0 Å². The van der Waals surface area contributed by atoms with E-state index in [4.69, 9.17) is 0 Å². The van der Waals surface area contributed by atoms with Crippen molar-refractivity contribution >= 4 is 23.4 Å². The van der Waals surface area contributed by atoms with E-state index in [2.05, 4.69) is 20.8 Å². The highest BCUT2D eigenvalue weighted by molar-refractivity contribution is 8.00. The van der Waals surface area contributed by atoms with Crippen molar-refractivity contribution < 1.29 is 4.79 Å². The van der Waals surface area contributed by atoms with Crippen molar-refractivity contribution in [3.8, 4) is 11.4 Å². The SMILES string of the molecule is Cc1cccc(NC(=O)C(C)Sc2nnnn2-c2c(C)n(C)n(-c3ccccc3)c2=O)c1. The molecule has 0 aliphatic rings. The highest BCUT2D eigenvalue weighted by atomic mass is 32.2. The van der Waals surface area contributed by atoms with E-state index in [1.165, 1.54) is 16.4 Å². The second kappa shape index (κ2) is 8.83. The molecule has 10 heteroatoms. The molecule has 1 amide bonds. The molecule has 1 N–H and O–H groups in total. The minimum absolute atomic E-state index is 0.179. The van der Waals surface area contributed by atoms with Gasteiger partial charge in [0.15, 0.2) is 5.69 Å². The zero-order valence-electron chi connectivity index (χ0n) is 18.2. The van der Waals surface area contributed by atoms with Crippen LogP contribution in [0.15, 0.2) is 64.5 Å². The predicted octanol–water partition coefficient (Wildman–Crippen LogP) is 2.89. The molecular weight excluding hydrogens is 426 g/mol. The van der Waals surface area contributed by atoms with Gasteiger partial charge in [-0.3, -0.25) is 14.3 Å². The molecule has 1 atom stereocenters. The molecule has 9 nitrogen and oxygen atoms in total. The zero-order chi connectivity index (χ0) is 22.8. The number of para-hydroxylation sites is 1. The van der Waals surface area contributed by atoms with Crippen LogP contribution < -0.4 is 10.9 Å². The summed E-state index contributed by atoms with van der Waals surface area (Å²) in [5, 5.41) is 14.6. The molecular formula is C22H23N7O2S. The normalized spacial score (nSPS) is 12.0. The Morgan fingerprint density at radius 1 is 1.09 bits per heavy atom. The van der Waals surface area contributed by atoms with Crippen LogP contribution in [0.2, 0.25) is 0 Å². The van der Waals surface area contributed by atoms with Gasteiger partial charge in [0.25, 0.3) is 5.56 Å². The van der Waals surface area contributed by atoms with Crippen molar-refractivity contribution in [2.24, 2.45) is 7.05 Å². The van der Waals surface area contributed by atoms with Crippen LogP contribution in [0.5, 0.6) is 0 Å². The lowest BCUT2D eigenvalue weighted by Gasteiger charge is -2.11. The molecule has 1 unspecified atom stereocenters. The molecule has 2 aromatic heterocycles. The number of nitrogens with one attached hydrogen (secondary N) is 1. The third-order valence-corrected chi connectivity index (χ3v) is 6.15. The summed E-state index contributed by atoms with van der Waals surface area (Å²) >= 11 is 1.19. The fourth-order valence-electron chi connectivity index (χ4n) is 3.37. The Bertz CT molecular complexity index is 1320. The lowest BCUT2D eigenvalue weighted by molar-refractivity contribution is -0.115. The molecule has 164 valence electrons. The van der Waals surface area contributed by atoms with Gasteiger partial charge in [-0.25, -0.2) is 4.68 Å². The maximum Gasteiger partial charge on any atom is 0.297 e. The second-order valence-electron chi connectivity index (χ2n) is 7.40. The van der Waals surface area contributed by atoms with Crippen LogP contribution >= 0.6 is 11.8 Å². The molecule has 0 radical (unpaired) electrons. The number of rotatable bonds is 6. The van der Waals surface area contributed by atoms with E-state index >= 15 is 0 Å². The first kappa shape index (κ1) is 21.6. The molecule has 4 rings (SSSR count). The first-order valence-corrected chi connectivity index (χ1v) is 10.9. The van der Waals surface area contributed by atoms with Crippen LogP contribution in [0, 0.1) is 13.8 Å². The van der Waals surface area contributed by atoms with E-state index in [1.54, 1.807) is 16.3 Å². The molecule has 4 aromatic rings. The molecule has 2 aromatic carbocycles. The molecule has 0 fully saturated rings. The summed E-state index contributed by atoms with van der Waals surface area (Å²) in [5.41, 5.74) is 3.32. The smallest absolute Gasteiger partial charge is 0.297 e. The molecule has 0 saturated carbocycles. The van der Waals surface area contributed by atoms with Gasteiger partial charge in [0, 0.05) is 12.7 Å². The van der Waals surface area contributed by atoms with E-state index in [-0.39, 0.29) is 11.5 Å². The highest BCUT2D eigenvalue weighted by Gasteiger charge is 2.24. The van der Waals surface area contributed by atoms with E-state index in [0.29, 0.717) is 16.5 Å². The second-order valence-corrected chi connectivity index (χ2v) is 8.71. The molecule has 32 heavy (non-hydrogen) atoms. The molecule has 0 aliphatic heterocycles. The number of thioether (sulfide) groups is 1. The van der Waals surface area contributed by atoms with Crippen molar-refractivity contribution in [1.82, 2.24) is 29.6 Å². The van der Waals surface area contributed by atoms with Gasteiger partial charge in [0.2, 0.25) is 11.1 Å². The molecule has 0 saturated heterocycles. The summed E-state index contributed by atoms with van der Waals surface area (Å²) in [6, 6.07) is 16.9. The predicted molar refractivity (Wildman–Crippen MR) is 124 cm³/mol. The zero-order valence-corrected chi connectivity index (χ0v) is 19.0. The van der Waals surface area contributed by atoms with Gasteiger partial charge in [-0.1, -0.05) is 42.1 Å². The molecule has 0 bridgehead atoms. The number of benzene rings is 2. The minimum atomic E-state index is -0.486. The maximum absolute atomic E-state index is 13.3. The number of carbonyl (C=O) groups excluding carboxylic acids is 1. The topological polar surface area (TPSA) is 99.6 Å². The highest BCUT2D eigenvalue weighted by Crippen LogP contribution is 2.24. The van der Waals surface area contributed by atoms with Gasteiger partial charge in [-0.15, -0.1) is 5.10 Å². The number of aromatic nitrogens is 6. The summed E-state index contributed by atoms with van der Waals surface area (Å²) in [4.78, 5) is 26.0. The Morgan fingerprint density at radius 3 is 2.56 bits per heavy atom. The lowest BCUT2D eigenvalue weighted by Crippen LogP contribution is -2.24. The number of amides is 1. The average molecular weight is 450 g/mol. The third-order valence-electron chi connectivity index (χ3n) is 5.11. The van der Waals surface area contributed by atoms with Crippen LogP contribution in [0.3, 0.4) is 0 Å². The van der Waals surface area contributed by atoms with Crippen LogP contribution in [0.1, 0.15) is 18.2 Å². The average Bonchev–Trinajstić information content (AvgIpc) is 3.30. The van der Waals surface area contributed by atoms with Gasteiger partial charge >= 0.3 is 0 Å². The van der Waals surface area contributed by atoms with Crippen LogP contribution in [0.25, 0.3) is 11.4 Å². The largest absolute Gasteiger partial charge is 0.325 e. The first-order valence-electron chi connectivity index (χ1n) is 10.0. The number of hydrogen-bond acceptors (Lipinski definition) is 6. The van der Waals surface area contributed by atoms with E-state index in [1.807, 2.05) is 75.5 Å². The lowest BCUT2D eigenvalue weighted by atomic mass is 10.2. The monoisotopic (exact) mass is 449 g/mol. The number of anilines is 1. The minimum Gasteiger partial charge on any atom is -0.325 e. The number of aryl methyl sites for hydroxylation is 1. The first-order chi connectivity index (χ1) is 15.4. The number of carbonyl (C=O) groups is 1. The Hall–Kier alpha value is -3.66. The number of hydrogen-bond donors (Lipinski definition) is 1. The fraction of sp³-hybridized carbons (Fsp3) is 0.227. The fourth-order valence-corrected chi connectivity index (χ4v) is 4.16. The summed E-state index contributed by atoms with van der Waals surface area (Å²) in [6.45, 7) is 5.57. The van der Waals surface area contributed by atoms with E-state index in [9.17, 15) is 9.59 Å². The van der Waals surface area contributed by atoms with Crippen molar-refractivity contribution in [3.05, 3.63) is 76.2 Å². The van der Waals surface area contributed by atoms with E-state index < -0.39 is 5.25 Å². The summed E-state index contributed by atoms with van der Waals surface area (Å²) in [7, 11) is 1.81. The van der Waals surface area contributed by atoms with Gasteiger partial charge in [0.1, 0.15) is 0 Å².